The molecule has 124 valence electrons. The summed E-state index contributed by atoms with van der Waals surface area (Å²) in [6.07, 6.45) is 0. The first-order valence-corrected chi connectivity index (χ1v) is 7.56. The standard InChI is InChI=1S/C20H15NO4/c22-14-7-5-6-13(12-14)21-19(23)17-10-3-1-8-15(17)16-9-2-4-11-18(16)20(24)25/h1-12,22H,(H,21,23)(H,24,25)/p-1. The minimum atomic E-state index is -1.06. The number of carboxylic acid groups (broad SMARTS) is 1. The summed E-state index contributed by atoms with van der Waals surface area (Å²) in [6, 6.07) is 19.2. The van der Waals surface area contributed by atoms with E-state index in [2.05, 4.69) is 5.32 Å². The van der Waals surface area contributed by atoms with Crippen molar-refractivity contribution in [3.05, 3.63) is 83.9 Å². The lowest BCUT2D eigenvalue weighted by molar-refractivity contribution is -0.268. The molecule has 0 unspecified atom stereocenters. The molecule has 0 aliphatic carbocycles. The molecule has 0 aromatic heterocycles. The molecule has 5 heteroatoms. The topological polar surface area (TPSA) is 89.5 Å². The molecule has 0 heterocycles. The summed E-state index contributed by atoms with van der Waals surface area (Å²) in [5.41, 5.74) is 1.80. The molecule has 1 amide bonds. The molecule has 5 nitrogen and oxygen atoms in total. The van der Waals surface area contributed by atoms with Gasteiger partial charge < -0.3 is 15.5 Å². The summed E-state index contributed by atoms with van der Waals surface area (Å²) in [7, 11) is 0. The predicted molar refractivity (Wildman–Crippen MR) is 92.7 cm³/mol. The number of hydrogen-bond donors (Lipinski definition) is 2. The van der Waals surface area contributed by atoms with Crippen molar-refractivity contribution in [2.75, 3.05) is 5.32 Å². The molecule has 3 rings (SSSR count). The van der Waals surface area contributed by atoms with Crippen LogP contribution in [0.1, 0.15) is 20.7 Å². The molecule has 25 heavy (non-hydrogen) atoms. The van der Waals surface area contributed by atoms with Gasteiger partial charge in [-0.05, 0) is 35.4 Å². The average molecular weight is 332 g/mol. The van der Waals surface area contributed by atoms with Gasteiger partial charge in [0.25, 0.3) is 5.91 Å². The Morgan fingerprint density at radius 3 is 2.04 bits per heavy atom. The van der Waals surface area contributed by atoms with Gasteiger partial charge in [0, 0.05) is 11.3 Å². The third kappa shape index (κ3) is 3.50. The fourth-order valence-electron chi connectivity index (χ4n) is 2.59. The van der Waals surface area contributed by atoms with Gasteiger partial charge in [-0.2, -0.15) is 0 Å². The highest BCUT2D eigenvalue weighted by Crippen LogP contribution is 2.28. The fourth-order valence-corrected chi connectivity index (χ4v) is 2.59. The van der Waals surface area contributed by atoms with Crippen LogP contribution >= 0.6 is 0 Å². The quantitative estimate of drug-likeness (QED) is 0.766. The fraction of sp³-hybridized carbons (Fsp3) is 0. The molecule has 0 aliphatic rings. The minimum absolute atomic E-state index is 0.115. The minimum Gasteiger partial charge on any atom is -0.872 e. The molecular weight excluding hydrogens is 318 g/mol. The second-order valence-electron chi connectivity index (χ2n) is 5.38. The Kier molecular flexibility index (Phi) is 4.48. The highest BCUT2D eigenvalue weighted by Gasteiger charge is 2.17. The van der Waals surface area contributed by atoms with Gasteiger partial charge in [0.05, 0.1) is 5.56 Å². The lowest BCUT2D eigenvalue weighted by atomic mass is 9.95. The second-order valence-corrected chi connectivity index (χ2v) is 5.38. The third-order valence-corrected chi connectivity index (χ3v) is 3.71. The summed E-state index contributed by atoms with van der Waals surface area (Å²) < 4.78 is 0. The van der Waals surface area contributed by atoms with Crippen molar-refractivity contribution in [1.82, 2.24) is 0 Å². The van der Waals surface area contributed by atoms with E-state index in [9.17, 15) is 19.8 Å². The summed E-state index contributed by atoms with van der Waals surface area (Å²) >= 11 is 0. The van der Waals surface area contributed by atoms with Crippen LogP contribution in [0.2, 0.25) is 0 Å². The van der Waals surface area contributed by atoms with Crippen LogP contribution in [0.4, 0.5) is 5.69 Å². The van der Waals surface area contributed by atoms with Gasteiger partial charge in [0.15, 0.2) is 0 Å². The van der Waals surface area contributed by atoms with Crippen molar-refractivity contribution in [2.45, 2.75) is 0 Å². The molecule has 0 saturated carbocycles. The number of carbonyl (C=O) groups is 2. The van der Waals surface area contributed by atoms with Crippen LogP contribution in [0.25, 0.3) is 11.1 Å². The third-order valence-electron chi connectivity index (χ3n) is 3.71. The molecule has 0 bridgehead atoms. The first-order chi connectivity index (χ1) is 12.1. The summed E-state index contributed by atoms with van der Waals surface area (Å²) in [4.78, 5) is 24.1. The van der Waals surface area contributed by atoms with Gasteiger partial charge >= 0.3 is 5.97 Å². The molecule has 2 N–H and O–H groups in total. The van der Waals surface area contributed by atoms with Crippen LogP contribution < -0.4 is 10.4 Å². The van der Waals surface area contributed by atoms with Crippen LogP contribution in [0.15, 0.2) is 72.8 Å². The van der Waals surface area contributed by atoms with E-state index in [1.807, 2.05) is 0 Å². The maximum absolute atomic E-state index is 12.6. The van der Waals surface area contributed by atoms with E-state index in [0.717, 1.165) is 0 Å². The van der Waals surface area contributed by atoms with Gasteiger partial charge in [0.2, 0.25) is 0 Å². The number of rotatable bonds is 4. The summed E-state index contributed by atoms with van der Waals surface area (Å²) in [6.45, 7) is 0. The van der Waals surface area contributed by atoms with Crippen molar-refractivity contribution in [2.24, 2.45) is 0 Å². The van der Waals surface area contributed by atoms with E-state index in [0.29, 0.717) is 22.4 Å². The van der Waals surface area contributed by atoms with E-state index in [1.54, 1.807) is 54.6 Å². The van der Waals surface area contributed by atoms with E-state index in [4.69, 9.17) is 0 Å². The van der Waals surface area contributed by atoms with E-state index >= 15 is 0 Å². The lowest BCUT2D eigenvalue weighted by Crippen LogP contribution is -2.14. The molecule has 0 aliphatic heterocycles. The van der Waals surface area contributed by atoms with E-state index in [1.165, 1.54) is 18.2 Å². The number of carboxylic acids is 1. The van der Waals surface area contributed by atoms with Gasteiger partial charge in [-0.15, -0.1) is 5.75 Å². The van der Waals surface area contributed by atoms with Crippen molar-refractivity contribution in [3.63, 3.8) is 0 Å². The average Bonchev–Trinajstić information content (AvgIpc) is 2.61. The first-order valence-electron chi connectivity index (χ1n) is 7.56. The highest BCUT2D eigenvalue weighted by molar-refractivity contribution is 6.10. The predicted octanol–water partition coefficient (Wildman–Crippen LogP) is 3.38. The van der Waals surface area contributed by atoms with Crippen LogP contribution in [-0.4, -0.2) is 17.0 Å². The van der Waals surface area contributed by atoms with Gasteiger partial charge in [0.1, 0.15) is 0 Å². The molecule has 3 aromatic carbocycles. The van der Waals surface area contributed by atoms with Crippen molar-refractivity contribution < 1.29 is 19.8 Å². The van der Waals surface area contributed by atoms with E-state index in [-0.39, 0.29) is 11.3 Å². The Bertz CT molecular complexity index is 950. The van der Waals surface area contributed by atoms with Gasteiger partial charge in [-0.3, -0.25) is 4.79 Å². The Morgan fingerprint density at radius 2 is 1.40 bits per heavy atom. The second kappa shape index (κ2) is 6.88. The van der Waals surface area contributed by atoms with Crippen molar-refractivity contribution >= 4 is 17.6 Å². The van der Waals surface area contributed by atoms with Crippen LogP contribution in [0.3, 0.4) is 0 Å². The number of hydrogen-bond acceptors (Lipinski definition) is 3. The van der Waals surface area contributed by atoms with Crippen molar-refractivity contribution in [3.8, 4) is 16.9 Å². The molecule has 0 fully saturated rings. The van der Waals surface area contributed by atoms with Gasteiger partial charge in [-0.25, -0.2) is 4.79 Å². The zero-order chi connectivity index (χ0) is 17.8. The first kappa shape index (κ1) is 16.3. The highest BCUT2D eigenvalue weighted by atomic mass is 16.4. The molecule has 3 aromatic rings. The van der Waals surface area contributed by atoms with E-state index < -0.39 is 11.9 Å². The zero-order valence-corrected chi connectivity index (χ0v) is 13.1. The maximum Gasteiger partial charge on any atom is 0.336 e. The Morgan fingerprint density at radius 1 is 0.800 bits per heavy atom. The monoisotopic (exact) mass is 332 g/mol. The molecule has 0 saturated heterocycles. The number of carbonyl (C=O) groups excluding carboxylic acids is 1. The number of benzene rings is 3. The smallest absolute Gasteiger partial charge is 0.336 e. The maximum atomic E-state index is 12.6. The molecule has 0 spiro atoms. The Labute approximate surface area is 144 Å². The van der Waals surface area contributed by atoms with Crippen molar-refractivity contribution in [1.29, 1.82) is 0 Å². The zero-order valence-electron chi connectivity index (χ0n) is 13.1. The summed E-state index contributed by atoms with van der Waals surface area (Å²) in [5, 5.41) is 23.5. The van der Waals surface area contributed by atoms with Gasteiger partial charge in [-0.1, -0.05) is 48.5 Å². The molecular formula is C20H14NO4-. The Balaban J connectivity index is 2.02. The number of anilines is 1. The number of amides is 1. The molecule has 0 radical (unpaired) electrons. The molecule has 0 atom stereocenters. The number of nitrogens with one attached hydrogen (secondary N) is 1. The lowest BCUT2D eigenvalue weighted by Gasteiger charge is -2.13. The SMILES string of the molecule is O=C(O)c1ccccc1-c1ccccc1C(=O)Nc1cccc([O-])c1. The van der Waals surface area contributed by atoms with Crippen LogP contribution in [0, 0.1) is 0 Å². The number of aromatic carboxylic acids is 1. The normalized spacial score (nSPS) is 10.2. The Hall–Kier alpha value is -3.60. The van der Waals surface area contributed by atoms with Crippen LogP contribution in [0.5, 0.6) is 5.75 Å². The summed E-state index contributed by atoms with van der Waals surface area (Å²) in [5.74, 6) is -1.69. The largest absolute Gasteiger partial charge is 0.872 e. The van der Waals surface area contributed by atoms with Crippen LogP contribution in [-0.2, 0) is 0 Å².